The Labute approximate surface area is 167 Å². The van der Waals surface area contributed by atoms with Gasteiger partial charge in [-0.05, 0) is 55.1 Å². The first-order valence-electron chi connectivity index (χ1n) is 8.50. The van der Waals surface area contributed by atoms with E-state index in [0.717, 1.165) is 12.1 Å². The summed E-state index contributed by atoms with van der Waals surface area (Å²) >= 11 is 0. The van der Waals surface area contributed by atoms with Gasteiger partial charge in [0.15, 0.2) is 0 Å². The fraction of sp³-hybridized carbons (Fsp3) is 0.150. The number of nitrogens with one attached hydrogen (secondary N) is 1. The number of aromatic nitrogens is 2. The van der Waals surface area contributed by atoms with E-state index in [9.17, 15) is 17.4 Å². The SMILES string of the molecule is C=S(=O)(Nc1ccc(C(F)(F)F)c(-c2c(C)cccc2C)n1)c1ccnc(N)c1. The van der Waals surface area contributed by atoms with Gasteiger partial charge in [-0.15, -0.1) is 0 Å². The second kappa shape index (κ2) is 7.40. The summed E-state index contributed by atoms with van der Waals surface area (Å²) in [6.07, 6.45) is -3.22. The van der Waals surface area contributed by atoms with E-state index in [2.05, 4.69) is 20.6 Å². The van der Waals surface area contributed by atoms with E-state index in [0.29, 0.717) is 16.7 Å². The first kappa shape index (κ1) is 20.7. The summed E-state index contributed by atoms with van der Waals surface area (Å²) in [5, 5.41) is 0. The lowest BCUT2D eigenvalue weighted by Crippen LogP contribution is -2.16. The molecule has 9 heteroatoms. The van der Waals surface area contributed by atoms with Crippen molar-refractivity contribution in [2.75, 3.05) is 10.5 Å². The van der Waals surface area contributed by atoms with Crippen molar-refractivity contribution in [2.45, 2.75) is 24.9 Å². The highest BCUT2D eigenvalue weighted by Crippen LogP contribution is 2.39. The maximum absolute atomic E-state index is 13.6. The third kappa shape index (κ3) is 4.34. The largest absolute Gasteiger partial charge is 0.418 e. The zero-order chi connectivity index (χ0) is 21.4. The molecule has 0 saturated carbocycles. The van der Waals surface area contributed by atoms with Crippen molar-refractivity contribution in [3.05, 3.63) is 65.4 Å². The topological polar surface area (TPSA) is 80.9 Å². The van der Waals surface area contributed by atoms with Crippen molar-refractivity contribution < 1.29 is 17.4 Å². The number of rotatable bonds is 4. The van der Waals surface area contributed by atoms with Crippen molar-refractivity contribution >= 4 is 27.2 Å². The second-order valence-electron chi connectivity index (χ2n) is 6.55. The zero-order valence-electron chi connectivity index (χ0n) is 15.7. The van der Waals surface area contributed by atoms with Gasteiger partial charge in [0.05, 0.1) is 25.9 Å². The smallest absolute Gasteiger partial charge is 0.384 e. The highest BCUT2D eigenvalue weighted by molar-refractivity contribution is 8.01. The molecule has 152 valence electrons. The number of benzene rings is 1. The number of nitrogen functional groups attached to an aromatic ring is 1. The standard InChI is InChI=1S/C20H19F3N4OS/c1-12-5-4-6-13(2)18(12)19-15(20(21,22)23)7-8-17(26-19)27-29(3,28)14-9-10-25-16(24)11-14/h4-11H,3H2,1-2H3,(H2,24,25)(H,26,27,28). The molecule has 29 heavy (non-hydrogen) atoms. The molecule has 3 rings (SSSR count). The number of nitrogens with zero attached hydrogens (tertiary/aromatic N) is 2. The van der Waals surface area contributed by atoms with Gasteiger partial charge in [-0.1, -0.05) is 18.2 Å². The Hall–Kier alpha value is -3.07. The molecule has 0 saturated heterocycles. The molecule has 1 unspecified atom stereocenters. The maximum Gasteiger partial charge on any atom is 0.418 e. The Morgan fingerprint density at radius 1 is 1.10 bits per heavy atom. The van der Waals surface area contributed by atoms with Crippen LogP contribution in [0.15, 0.2) is 53.6 Å². The average Bonchev–Trinajstić information content (AvgIpc) is 2.60. The molecule has 0 amide bonds. The van der Waals surface area contributed by atoms with E-state index < -0.39 is 21.4 Å². The first-order chi connectivity index (χ1) is 13.5. The molecule has 3 aromatic rings. The van der Waals surface area contributed by atoms with Gasteiger partial charge in [-0.25, -0.2) is 14.2 Å². The number of aryl methyl sites for hydroxylation is 2. The van der Waals surface area contributed by atoms with Gasteiger partial charge in [-0.3, -0.25) is 4.72 Å². The molecule has 1 atom stereocenters. The van der Waals surface area contributed by atoms with Gasteiger partial charge in [0.1, 0.15) is 11.6 Å². The third-order valence-electron chi connectivity index (χ3n) is 4.32. The van der Waals surface area contributed by atoms with E-state index in [-0.39, 0.29) is 22.2 Å². The van der Waals surface area contributed by atoms with Crippen LogP contribution in [-0.4, -0.2) is 20.0 Å². The minimum Gasteiger partial charge on any atom is -0.384 e. The molecule has 0 aliphatic carbocycles. The molecule has 0 spiro atoms. The van der Waals surface area contributed by atoms with Crippen LogP contribution >= 0.6 is 0 Å². The van der Waals surface area contributed by atoms with E-state index in [1.165, 1.54) is 18.3 Å². The van der Waals surface area contributed by atoms with Crippen molar-refractivity contribution in [1.29, 1.82) is 0 Å². The summed E-state index contributed by atoms with van der Waals surface area (Å²) in [6, 6.07) is 10.1. The molecular formula is C20H19F3N4OS. The van der Waals surface area contributed by atoms with Gasteiger partial charge in [0, 0.05) is 11.8 Å². The molecule has 1 aromatic carbocycles. The summed E-state index contributed by atoms with van der Waals surface area (Å²) in [6.45, 7) is 3.43. The highest BCUT2D eigenvalue weighted by atomic mass is 32.2. The molecule has 2 heterocycles. The van der Waals surface area contributed by atoms with Gasteiger partial charge in [0.25, 0.3) is 0 Å². The van der Waals surface area contributed by atoms with Crippen LogP contribution in [0.3, 0.4) is 0 Å². The van der Waals surface area contributed by atoms with Crippen molar-refractivity contribution in [1.82, 2.24) is 9.97 Å². The Morgan fingerprint density at radius 3 is 2.34 bits per heavy atom. The molecule has 2 aromatic heterocycles. The number of alkyl halides is 3. The molecule has 5 nitrogen and oxygen atoms in total. The number of anilines is 2. The number of halogens is 3. The fourth-order valence-corrected chi connectivity index (χ4v) is 4.15. The number of pyridine rings is 2. The fourth-order valence-electron chi connectivity index (χ4n) is 2.98. The van der Waals surface area contributed by atoms with Crippen LogP contribution in [0.1, 0.15) is 16.7 Å². The van der Waals surface area contributed by atoms with Gasteiger partial charge in [-0.2, -0.15) is 13.2 Å². The lowest BCUT2D eigenvalue weighted by Gasteiger charge is -2.18. The van der Waals surface area contributed by atoms with Gasteiger partial charge < -0.3 is 5.73 Å². The molecular weight excluding hydrogens is 401 g/mol. The quantitative estimate of drug-likeness (QED) is 0.611. The summed E-state index contributed by atoms with van der Waals surface area (Å²) in [7, 11) is -3.12. The predicted molar refractivity (Wildman–Crippen MR) is 110 cm³/mol. The van der Waals surface area contributed by atoms with Crippen molar-refractivity contribution in [3.63, 3.8) is 0 Å². The summed E-state index contributed by atoms with van der Waals surface area (Å²) in [5.74, 6) is 3.81. The average molecular weight is 420 g/mol. The zero-order valence-corrected chi connectivity index (χ0v) is 16.6. The number of nitrogens with two attached hydrogens (primary N) is 1. The monoisotopic (exact) mass is 420 g/mol. The van der Waals surface area contributed by atoms with Crippen LogP contribution in [-0.2, 0) is 15.9 Å². The lowest BCUT2D eigenvalue weighted by molar-refractivity contribution is -0.137. The number of hydrogen-bond donors (Lipinski definition) is 2. The Bertz CT molecular complexity index is 1150. The summed E-state index contributed by atoms with van der Waals surface area (Å²) in [5.41, 5.74) is 6.19. The van der Waals surface area contributed by atoms with Crippen molar-refractivity contribution in [3.8, 4) is 11.3 Å². The molecule has 0 radical (unpaired) electrons. The van der Waals surface area contributed by atoms with Gasteiger partial charge in [0.2, 0.25) is 0 Å². The summed E-state index contributed by atoms with van der Waals surface area (Å²) in [4.78, 5) is 8.26. The summed E-state index contributed by atoms with van der Waals surface area (Å²) < 4.78 is 56.5. The predicted octanol–water partition coefficient (Wildman–Crippen LogP) is 4.46. The minimum atomic E-state index is -4.60. The Morgan fingerprint density at radius 2 is 1.76 bits per heavy atom. The molecule has 0 fully saturated rings. The van der Waals surface area contributed by atoms with Gasteiger partial charge >= 0.3 is 6.18 Å². The minimum absolute atomic E-state index is 0.00559. The first-order valence-corrected chi connectivity index (χ1v) is 10.2. The lowest BCUT2D eigenvalue weighted by atomic mass is 9.96. The Balaban J connectivity index is 2.14. The number of hydrogen-bond acceptors (Lipinski definition) is 4. The van der Waals surface area contributed by atoms with Crippen LogP contribution in [0.5, 0.6) is 0 Å². The van der Waals surface area contributed by atoms with E-state index in [1.807, 2.05) is 0 Å². The third-order valence-corrected chi connectivity index (χ3v) is 5.88. The molecule has 3 N–H and O–H groups in total. The van der Waals surface area contributed by atoms with Crippen LogP contribution in [0.25, 0.3) is 11.3 Å². The highest BCUT2D eigenvalue weighted by Gasteiger charge is 2.35. The van der Waals surface area contributed by atoms with E-state index >= 15 is 0 Å². The molecule has 0 aliphatic heterocycles. The second-order valence-corrected chi connectivity index (χ2v) is 8.58. The van der Waals surface area contributed by atoms with Crippen LogP contribution in [0.4, 0.5) is 24.8 Å². The Kier molecular flexibility index (Phi) is 5.27. The normalized spacial score (nSPS) is 13.7. The van der Waals surface area contributed by atoms with Crippen LogP contribution in [0, 0.1) is 13.8 Å². The molecule has 0 bridgehead atoms. The van der Waals surface area contributed by atoms with Crippen LogP contribution < -0.4 is 10.5 Å². The van der Waals surface area contributed by atoms with Crippen molar-refractivity contribution in [2.24, 2.45) is 0 Å². The van der Waals surface area contributed by atoms with Crippen LogP contribution in [0.2, 0.25) is 0 Å². The maximum atomic E-state index is 13.6. The van der Waals surface area contributed by atoms with E-state index in [1.54, 1.807) is 32.0 Å². The molecule has 0 aliphatic rings. The van der Waals surface area contributed by atoms with E-state index in [4.69, 9.17) is 5.73 Å².